The van der Waals surface area contributed by atoms with Crippen LogP contribution in [-0.4, -0.2) is 11.7 Å². The molecule has 2 atom stereocenters. The molecule has 2 nitrogen and oxygen atoms in total. The first kappa shape index (κ1) is 16.5. The van der Waals surface area contributed by atoms with Gasteiger partial charge >= 0.3 is 0 Å². The lowest BCUT2D eigenvalue weighted by atomic mass is 10.1. The average Bonchev–Trinajstić information content (AvgIpc) is 2.47. The maximum atomic E-state index is 13.6. The Labute approximate surface area is 125 Å². The second-order valence-electron chi connectivity index (χ2n) is 4.92. The number of aliphatic hydroxyl groups is 1. The molecule has 22 heavy (non-hydrogen) atoms. The predicted molar refractivity (Wildman–Crippen MR) is 74.1 cm³/mol. The van der Waals surface area contributed by atoms with Crippen molar-refractivity contribution in [1.82, 2.24) is 5.32 Å². The zero-order valence-corrected chi connectivity index (χ0v) is 11.8. The van der Waals surface area contributed by atoms with E-state index >= 15 is 0 Å². The van der Waals surface area contributed by atoms with Crippen molar-refractivity contribution in [1.29, 1.82) is 0 Å². The van der Waals surface area contributed by atoms with Crippen molar-refractivity contribution in [2.24, 2.45) is 0 Å². The molecule has 2 N–H and O–H groups in total. The second kappa shape index (κ2) is 6.89. The monoisotopic (exact) mass is 313 g/mol. The minimum absolute atomic E-state index is 0.0706. The highest BCUT2D eigenvalue weighted by Crippen LogP contribution is 2.22. The summed E-state index contributed by atoms with van der Waals surface area (Å²) in [5.41, 5.74) is -0.386. The molecule has 6 heteroatoms. The summed E-state index contributed by atoms with van der Waals surface area (Å²) in [4.78, 5) is 0. The standard InChI is InChI=1S/C16H15F4NO/c1-9(10-4-2-7-13(19)16(10)20)21-8-14(22)15-11(17)5-3-6-12(15)18/h2-7,9,14,21-22H,8H2,1H3. The molecule has 0 aliphatic carbocycles. The summed E-state index contributed by atoms with van der Waals surface area (Å²) in [7, 11) is 0. The van der Waals surface area contributed by atoms with Gasteiger partial charge in [0.15, 0.2) is 11.6 Å². The molecule has 0 aromatic heterocycles. The lowest BCUT2D eigenvalue weighted by molar-refractivity contribution is 0.161. The van der Waals surface area contributed by atoms with Crippen molar-refractivity contribution in [2.75, 3.05) is 6.54 Å². The molecule has 0 amide bonds. The van der Waals surface area contributed by atoms with Gasteiger partial charge < -0.3 is 10.4 Å². The van der Waals surface area contributed by atoms with Crippen LogP contribution in [0.3, 0.4) is 0 Å². The fourth-order valence-corrected chi connectivity index (χ4v) is 2.18. The van der Waals surface area contributed by atoms with Gasteiger partial charge in [0.1, 0.15) is 11.6 Å². The van der Waals surface area contributed by atoms with Crippen molar-refractivity contribution < 1.29 is 22.7 Å². The maximum Gasteiger partial charge on any atom is 0.163 e. The van der Waals surface area contributed by atoms with Gasteiger partial charge in [-0.3, -0.25) is 0 Å². The van der Waals surface area contributed by atoms with E-state index in [9.17, 15) is 22.7 Å². The molecule has 0 heterocycles. The summed E-state index contributed by atoms with van der Waals surface area (Å²) in [5, 5.41) is 12.6. The number of hydrogen-bond acceptors (Lipinski definition) is 2. The highest BCUT2D eigenvalue weighted by molar-refractivity contribution is 5.24. The molecular formula is C16H15F4NO. The van der Waals surface area contributed by atoms with Gasteiger partial charge in [-0.2, -0.15) is 0 Å². The Morgan fingerprint density at radius 1 is 0.955 bits per heavy atom. The lowest BCUT2D eigenvalue weighted by Gasteiger charge is -2.19. The molecule has 2 rings (SSSR count). The number of benzene rings is 2. The smallest absolute Gasteiger partial charge is 0.163 e. The fourth-order valence-electron chi connectivity index (χ4n) is 2.18. The van der Waals surface area contributed by atoms with Crippen molar-refractivity contribution >= 4 is 0 Å². The minimum Gasteiger partial charge on any atom is -0.387 e. The molecule has 2 aromatic rings. The molecule has 0 bridgehead atoms. The molecule has 0 saturated carbocycles. The molecule has 0 fully saturated rings. The Morgan fingerprint density at radius 3 is 2.14 bits per heavy atom. The molecule has 0 aliphatic heterocycles. The predicted octanol–water partition coefficient (Wildman–Crippen LogP) is 3.63. The van der Waals surface area contributed by atoms with Gasteiger partial charge in [-0.15, -0.1) is 0 Å². The molecule has 118 valence electrons. The van der Waals surface area contributed by atoms with Crippen LogP contribution in [0.25, 0.3) is 0 Å². The van der Waals surface area contributed by atoms with Gasteiger partial charge in [0, 0.05) is 18.2 Å². The van der Waals surface area contributed by atoms with E-state index in [0.29, 0.717) is 0 Å². The molecule has 0 aliphatic rings. The van der Waals surface area contributed by atoms with Crippen LogP contribution in [0.15, 0.2) is 36.4 Å². The third kappa shape index (κ3) is 3.45. The van der Waals surface area contributed by atoms with Crippen molar-refractivity contribution in [2.45, 2.75) is 19.1 Å². The molecular weight excluding hydrogens is 298 g/mol. The van der Waals surface area contributed by atoms with Gasteiger partial charge in [-0.25, -0.2) is 17.6 Å². The molecule has 0 spiro atoms. The molecule has 2 aromatic carbocycles. The van der Waals surface area contributed by atoms with Gasteiger partial charge in [0.25, 0.3) is 0 Å². The Kier molecular flexibility index (Phi) is 5.15. The third-order valence-corrected chi connectivity index (χ3v) is 3.40. The van der Waals surface area contributed by atoms with Crippen LogP contribution in [0.4, 0.5) is 17.6 Å². The lowest BCUT2D eigenvalue weighted by Crippen LogP contribution is -2.26. The van der Waals surface area contributed by atoms with Crippen molar-refractivity contribution in [3.05, 3.63) is 70.8 Å². The SMILES string of the molecule is CC(NCC(O)c1c(F)cccc1F)c1cccc(F)c1F. The first-order chi connectivity index (χ1) is 10.4. The van der Waals surface area contributed by atoms with Crippen LogP contribution >= 0.6 is 0 Å². The zero-order valence-electron chi connectivity index (χ0n) is 11.8. The van der Waals surface area contributed by atoms with Crippen LogP contribution in [0.5, 0.6) is 0 Å². The Hall–Kier alpha value is -1.92. The van der Waals surface area contributed by atoms with E-state index < -0.39 is 41.0 Å². The van der Waals surface area contributed by atoms with E-state index in [0.717, 1.165) is 18.2 Å². The first-order valence-electron chi connectivity index (χ1n) is 6.71. The quantitative estimate of drug-likeness (QED) is 0.826. The average molecular weight is 313 g/mol. The van der Waals surface area contributed by atoms with Gasteiger partial charge in [-0.05, 0) is 25.1 Å². The summed E-state index contributed by atoms with van der Waals surface area (Å²) in [6.45, 7) is 1.34. The van der Waals surface area contributed by atoms with Crippen LogP contribution < -0.4 is 5.32 Å². The van der Waals surface area contributed by atoms with E-state index in [1.807, 2.05) is 0 Å². The maximum absolute atomic E-state index is 13.6. The minimum atomic E-state index is -1.44. The topological polar surface area (TPSA) is 32.3 Å². The van der Waals surface area contributed by atoms with E-state index in [4.69, 9.17) is 0 Å². The number of nitrogens with one attached hydrogen (secondary N) is 1. The van der Waals surface area contributed by atoms with Crippen LogP contribution in [0.2, 0.25) is 0 Å². The number of rotatable bonds is 5. The zero-order chi connectivity index (χ0) is 16.3. The summed E-state index contributed by atoms with van der Waals surface area (Å²) in [5.74, 6) is -3.70. The van der Waals surface area contributed by atoms with Crippen LogP contribution in [-0.2, 0) is 0 Å². The Balaban J connectivity index is 2.08. The van der Waals surface area contributed by atoms with Gasteiger partial charge in [0.2, 0.25) is 0 Å². The normalized spacial score (nSPS) is 13.9. The number of halogens is 4. The molecule has 0 saturated heterocycles. The largest absolute Gasteiger partial charge is 0.387 e. The van der Waals surface area contributed by atoms with E-state index in [1.54, 1.807) is 6.92 Å². The third-order valence-electron chi connectivity index (χ3n) is 3.40. The Bertz CT molecular complexity index is 642. The van der Waals surface area contributed by atoms with Crippen LogP contribution in [0, 0.1) is 23.3 Å². The Morgan fingerprint density at radius 2 is 1.50 bits per heavy atom. The first-order valence-corrected chi connectivity index (χ1v) is 6.71. The number of hydrogen-bond donors (Lipinski definition) is 2. The summed E-state index contributed by atoms with van der Waals surface area (Å²) in [6.07, 6.45) is -1.44. The molecule has 2 unspecified atom stereocenters. The molecule has 0 radical (unpaired) electrons. The van der Waals surface area contributed by atoms with E-state index in [1.165, 1.54) is 18.2 Å². The second-order valence-corrected chi connectivity index (χ2v) is 4.92. The summed E-state index contributed by atoms with van der Waals surface area (Å²) < 4.78 is 53.8. The van der Waals surface area contributed by atoms with Gasteiger partial charge in [-0.1, -0.05) is 18.2 Å². The number of aliphatic hydroxyl groups excluding tert-OH is 1. The van der Waals surface area contributed by atoms with Gasteiger partial charge in [0.05, 0.1) is 11.7 Å². The highest BCUT2D eigenvalue weighted by Gasteiger charge is 2.20. The highest BCUT2D eigenvalue weighted by atomic mass is 19.2. The summed E-state index contributed by atoms with van der Waals surface area (Å²) >= 11 is 0. The van der Waals surface area contributed by atoms with E-state index in [-0.39, 0.29) is 12.1 Å². The van der Waals surface area contributed by atoms with Crippen molar-refractivity contribution in [3.63, 3.8) is 0 Å². The van der Waals surface area contributed by atoms with E-state index in [2.05, 4.69) is 5.32 Å². The summed E-state index contributed by atoms with van der Waals surface area (Å²) in [6, 6.07) is 6.38. The van der Waals surface area contributed by atoms with Crippen molar-refractivity contribution in [3.8, 4) is 0 Å². The van der Waals surface area contributed by atoms with Crippen LogP contribution in [0.1, 0.15) is 30.2 Å². The fraction of sp³-hybridized carbons (Fsp3) is 0.250.